The van der Waals surface area contributed by atoms with Gasteiger partial charge in [0.15, 0.2) is 0 Å². The fourth-order valence-corrected chi connectivity index (χ4v) is 2.08. The van der Waals surface area contributed by atoms with Crippen LogP contribution in [0.3, 0.4) is 0 Å². The summed E-state index contributed by atoms with van der Waals surface area (Å²) < 4.78 is 0. The normalized spacial score (nSPS) is 9.43. The molecular formula is C11H23Br3. The van der Waals surface area contributed by atoms with Crippen LogP contribution >= 0.6 is 47.8 Å². The van der Waals surface area contributed by atoms with Gasteiger partial charge in [0.25, 0.3) is 0 Å². The van der Waals surface area contributed by atoms with Crippen molar-refractivity contribution in [3.63, 3.8) is 0 Å². The lowest BCUT2D eigenvalue weighted by molar-refractivity contribution is 0.715. The fraction of sp³-hybridized carbons (Fsp3) is 1.00. The van der Waals surface area contributed by atoms with Crippen LogP contribution in [0.4, 0.5) is 0 Å². The number of alkyl halides is 3. The van der Waals surface area contributed by atoms with Gasteiger partial charge in [-0.05, 0) is 19.3 Å². The zero-order valence-electron chi connectivity index (χ0n) is 9.20. The fourth-order valence-electron chi connectivity index (χ4n) is 0.887. The summed E-state index contributed by atoms with van der Waals surface area (Å²) in [6, 6.07) is 0. The maximum atomic E-state index is 3.39. The van der Waals surface area contributed by atoms with E-state index in [0.29, 0.717) is 0 Å². The minimum atomic E-state index is 1.16. The lowest BCUT2D eigenvalue weighted by Crippen LogP contribution is -1.78. The van der Waals surface area contributed by atoms with Crippen LogP contribution < -0.4 is 0 Å². The van der Waals surface area contributed by atoms with Crippen LogP contribution in [0.5, 0.6) is 0 Å². The Morgan fingerprint density at radius 2 is 0.929 bits per heavy atom. The lowest BCUT2D eigenvalue weighted by atomic mass is 10.2. The summed E-state index contributed by atoms with van der Waals surface area (Å²) in [5.41, 5.74) is 0. The second-order valence-electron chi connectivity index (χ2n) is 3.19. The molecule has 0 aliphatic carbocycles. The molecular weight excluding hydrogens is 372 g/mol. The maximum absolute atomic E-state index is 3.39. The van der Waals surface area contributed by atoms with Crippen LogP contribution in [-0.4, -0.2) is 16.0 Å². The monoisotopic (exact) mass is 392 g/mol. The highest BCUT2D eigenvalue weighted by molar-refractivity contribution is 9.09. The summed E-state index contributed by atoms with van der Waals surface area (Å²) >= 11 is 10.1. The van der Waals surface area contributed by atoms with Gasteiger partial charge in [0, 0.05) is 16.0 Å². The average molecular weight is 395 g/mol. The zero-order chi connectivity index (χ0) is 11.1. The molecule has 0 aromatic carbocycles. The topological polar surface area (TPSA) is 0 Å². The summed E-state index contributed by atoms with van der Waals surface area (Å²) in [6.45, 7) is 2.21. The van der Waals surface area contributed by atoms with Crippen molar-refractivity contribution in [2.24, 2.45) is 0 Å². The van der Waals surface area contributed by atoms with E-state index in [0.717, 1.165) is 10.7 Å². The molecule has 0 aromatic heterocycles. The van der Waals surface area contributed by atoms with Crippen LogP contribution in [0.1, 0.15) is 51.9 Å². The molecule has 3 heteroatoms. The predicted octanol–water partition coefficient (Wildman–Crippen LogP) is 5.91. The van der Waals surface area contributed by atoms with Crippen molar-refractivity contribution in [2.75, 3.05) is 16.0 Å². The summed E-state index contributed by atoms with van der Waals surface area (Å²) in [5.74, 6) is 0. The third-order valence-electron chi connectivity index (χ3n) is 1.75. The van der Waals surface area contributed by atoms with Crippen molar-refractivity contribution < 1.29 is 0 Å². The van der Waals surface area contributed by atoms with Crippen LogP contribution in [-0.2, 0) is 0 Å². The van der Waals surface area contributed by atoms with Crippen molar-refractivity contribution in [3.05, 3.63) is 0 Å². The molecule has 0 spiro atoms. The Kier molecular flexibility index (Phi) is 25.4. The van der Waals surface area contributed by atoms with E-state index in [-0.39, 0.29) is 0 Å². The predicted molar refractivity (Wildman–Crippen MR) is 79.4 cm³/mol. The van der Waals surface area contributed by atoms with Gasteiger partial charge < -0.3 is 0 Å². The van der Waals surface area contributed by atoms with Crippen molar-refractivity contribution in [2.45, 2.75) is 51.9 Å². The molecule has 0 bridgehead atoms. The third-order valence-corrected chi connectivity index (χ3v) is 3.44. The Morgan fingerprint density at radius 1 is 0.571 bits per heavy atom. The summed E-state index contributed by atoms with van der Waals surface area (Å²) in [6.07, 6.45) is 9.42. The second kappa shape index (κ2) is 19.9. The average Bonchev–Trinajstić information content (AvgIpc) is 2.22. The van der Waals surface area contributed by atoms with Gasteiger partial charge in [-0.2, -0.15) is 0 Å². The Hall–Kier alpha value is 1.44. The Labute approximate surface area is 115 Å². The van der Waals surface area contributed by atoms with E-state index in [9.17, 15) is 0 Å². The first kappa shape index (κ1) is 17.8. The molecule has 0 aliphatic rings. The third kappa shape index (κ3) is 23.3. The number of rotatable bonds is 8. The zero-order valence-corrected chi connectivity index (χ0v) is 14.0. The van der Waals surface area contributed by atoms with E-state index in [1.165, 1.54) is 50.3 Å². The minimum Gasteiger partial charge on any atom is -0.0928 e. The van der Waals surface area contributed by atoms with Gasteiger partial charge in [-0.15, -0.1) is 0 Å². The lowest BCUT2D eigenvalue weighted by Gasteiger charge is -1.92. The number of hydrogen-bond acceptors (Lipinski definition) is 0. The highest BCUT2D eigenvalue weighted by Gasteiger charge is 1.84. The van der Waals surface area contributed by atoms with Gasteiger partial charge in [0.1, 0.15) is 0 Å². The molecule has 0 nitrogen and oxygen atoms in total. The van der Waals surface area contributed by atoms with Crippen LogP contribution in [0.2, 0.25) is 0 Å². The van der Waals surface area contributed by atoms with E-state index in [1.807, 2.05) is 0 Å². The summed E-state index contributed by atoms with van der Waals surface area (Å²) in [4.78, 5) is 0. The minimum absolute atomic E-state index is 1.16. The number of unbranched alkanes of at least 4 members (excludes halogenated alkanes) is 5. The number of hydrogen-bond donors (Lipinski definition) is 0. The highest BCUT2D eigenvalue weighted by Crippen LogP contribution is 2.02. The first-order chi connectivity index (χ1) is 6.83. The molecule has 0 amide bonds. The summed E-state index contributed by atoms with van der Waals surface area (Å²) in [5, 5.41) is 3.49. The largest absolute Gasteiger partial charge is 0.0928 e. The molecule has 0 atom stereocenters. The molecule has 0 unspecified atom stereocenters. The van der Waals surface area contributed by atoms with Gasteiger partial charge >= 0.3 is 0 Å². The van der Waals surface area contributed by atoms with E-state index >= 15 is 0 Å². The van der Waals surface area contributed by atoms with E-state index in [1.54, 1.807) is 0 Å². The molecule has 88 valence electrons. The van der Waals surface area contributed by atoms with E-state index in [2.05, 4.69) is 54.7 Å². The standard InChI is InChI=1S/C6H12Br2.C5H11Br/c7-5-3-1-2-4-6-8;1-2-3-4-5-6/h1-6H2;2-5H2,1H3. The van der Waals surface area contributed by atoms with Crippen LogP contribution in [0.15, 0.2) is 0 Å². The van der Waals surface area contributed by atoms with Gasteiger partial charge in [0.2, 0.25) is 0 Å². The molecule has 0 radical (unpaired) electrons. The van der Waals surface area contributed by atoms with E-state index < -0.39 is 0 Å². The van der Waals surface area contributed by atoms with Gasteiger partial charge in [-0.25, -0.2) is 0 Å². The maximum Gasteiger partial charge on any atom is 0.00313 e. The van der Waals surface area contributed by atoms with Crippen molar-refractivity contribution in [1.82, 2.24) is 0 Å². The Morgan fingerprint density at radius 3 is 1.14 bits per heavy atom. The Balaban J connectivity index is 0. The van der Waals surface area contributed by atoms with Crippen molar-refractivity contribution in [3.8, 4) is 0 Å². The SMILES string of the molecule is BrCCCCCCBr.CCCCCBr. The first-order valence-corrected chi connectivity index (χ1v) is 8.87. The molecule has 0 aliphatic heterocycles. The van der Waals surface area contributed by atoms with Crippen molar-refractivity contribution >= 4 is 47.8 Å². The molecule has 0 aromatic rings. The summed E-state index contributed by atoms with van der Waals surface area (Å²) in [7, 11) is 0. The molecule has 0 N–H and O–H groups in total. The highest BCUT2D eigenvalue weighted by atomic mass is 79.9. The quantitative estimate of drug-likeness (QED) is 0.354. The molecule has 0 rings (SSSR count). The molecule has 0 saturated carbocycles. The molecule has 0 fully saturated rings. The molecule has 0 saturated heterocycles. The second-order valence-corrected chi connectivity index (χ2v) is 5.57. The van der Waals surface area contributed by atoms with Crippen molar-refractivity contribution in [1.29, 1.82) is 0 Å². The molecule has 14 heavy (non-hydrogen) atoms. The van der Waals surface area contributed by atoms with E-state index in [4.69, 9.17) is 0 Å². The van der Waals surface area contributed by atoms with Crippen LogP contribution in [0.25, 0.3) is 0 Å². The van der Waals surface area contributed by atoms with Gasteiger partial charge in [0.05, 0.1) is 0 Å². The Bertz CT molecular complexity index is 66.9. The van der Waals surface area contributed by atoms with Gasteiger partial charge in [-0.3, -0.25) is 0 Å². The smallest absolute Gasteiger partial charge is 0.00313 e. The van der Waals surface area contributed by atoms with Gasteiger partial charge in [-0.1, -0.05) is 80.4 Å². The first-order valence-electron chi connectivity index (χ1n) is 5.51. The molecule has 0 heterocycles. The van der Waals surface area contributed by atoms with Crippen LogP contribution in [0, 0.1) is 0 Å². The number of halogens is 3.